The van der Waals surface area contributed by atoms with Crippen LogP contribution in [0, 0.1) is 29.1 Å². The van der Waals surface area contributed by atoms with Gasteiger partial charge in [0.1, 0.15) is 11.5 Å². The number of nitrogens with zero attached hydrogens (tertiary/aromatic N) is 1. The number of amides is 1. The Morgan fingerprint density at radius 3 is 2.41 bits per heavy atom. The first-order chi connectivity index (χ1) is 14.0. The van der Waals surface area contributed by atoms with E-state index in [1.807, 2.05) is 6.07 Å². The fourth-order valence-corrected chi connectivity index (χ4v) is 7.29. The third-order valence-electron chi connectivity index (χ3n) is 8.79. The number of carbonyl (C=O) groups is 2. The molecule has 3 N–H and O–H groups in total. The molecule has 3 unspecified atom stereocenters. The van der Waals surface area contributed by atoms with Gasteiger partial charge in [-0.25, -0.2) is 0 Å². The molecule has 0 spiro atoms. The van der Waals surface area contributed by atoms with E-state index in [2.05, 4.69) is 10.5 Å². The molecule has 29 heavy (non-hydrogen) atoms. The Kier molecular flexibility index (Phi) is 4.00. The van der Waals surface area contributed by atoms with Crippen LogP contribution in [0.1, 0.15) is 86.4 Å². The second-order valence-corrected chi connectivity index (χ2v) is 10.6. The molecule has 0 radical (unpaired) electrons. The summed E-state index contributed by atoms with van der Waals surface area (Å²) in [7, 11) is 0. The molecule has 1 amide bonds. The minimum atomic E-state index is -0.108. The maximum absolute atomic E-state index is 13.3. The fraction of sp³-hybridized carbons (Fsp3) is 0.783. The molecule has 0 saturated heterocycles. The van der Waals surface area contributed by atoms with Crippen molar-refractivity contribution in [2.24, 2.45) is 34.8 Å². The van der Waals surface area contributed by atoms with Gasteiger partial charge in [-0.2, -0.15) is 0 Å². The Balaban J connectivity index is 1.06. The average molecular weight is 398 g/mol. The van der Waals surface area contributed by atoms with Crippen LogP contribution in [0.25, 0.3) is 0 Å². The van der Waals surface area contributed by atoms with Crippen LogP contribution in [0.15, 0.2) is 10.6 Å². The largest absolute Gasteiger partial charge is 0.360 e. The summed E-state index contributed by atoms with van der Waals surface area (Å²) in [5.74, 6) is 3.79. The van der Waals surface area contributed by atoms with Crippen molar-refractivity contribution in [2.75, 3.05) is 0 Å². The molecule has 5 aliphatic rings. The van der Waals surface area contributed by atoms with E-state index in [1.165, 1.54) is 0 Å². The third-order valence-corrected chi connectivity index (χ3v) is 8.79. The smallest absolute Gasteiger partial charge is 0.273 e. The molecule has 1 aromatic heterocycles. The second-order valence-electron chi connectivity index (χ2n) is 10.6. The molecule has 5 atom stereocenters. The molecule has 6 rings (SSSR count). The molecule has 5 fully saturated rings. The Labute approximate surface area is 171 Å². The van der Waals surface area contributed by atoms with Gasteiger partial charge in [0.05, 0.1) is 0 Å². The normalized spacial score (nSPS) is 42.9. The van der Waals surface area contributed by atoms with Gasteiger partial charge in [0.25, 0.3) is 5.91 Å². The summed E-state index contributed by atoms with van der Waals surface area (Å²) < 4.78 is 5.32. The van der Waals surface area contributed by atoms with E-state index in [4.69, 9.17) is 10.3 Å². The lowest BCUT2D eigenvalue weighted by Gasteiger charge is -2.70. The first-order valence-corrected chi connectivity index (χ1v) is 11.6. The Morgan fingerprint density at radius 2 is 1.76 bits per heavy atom. The van der Waals surface area contributed by atoms with Crippen molar-refractivity contribution in [3.05, 3.63) is 17.5 Å². The maximum atomic E-state index is 13.3. The van der Waals surface area contributed by atoms with Crippen LogP contribution in [-0.4, -0.2) is 28.9 Å². The first-order valence-electron chi connectivity index (χ1n) is 11.6. The van der Waals surface area contributed by atoms with Crippen LogP contribution in [0.2, 0.25) is 0 Å². The number of Topliss-reactive ketones (excluding diaryl/α,β-unsaturated/α-hetero) is 1. The molecule has 0 aromatic carbocycles. The van der Waals surface area contributed by atoms with E-state index < -0.39 is 0 Å². The van der Waals surface area contributed by atoms with E-state index in [-0.39, 0.29) is 23.3 Å². The highest BCUT2D eigenvalue weighted by Crippen LogP contribution is 2.72. The van der Waals surface area contributed by atoms with Gasteiger partial charge in [-0.05, 0) is 82.0 Å². The monoisotopic (exact) mass is 397 g/mol. The second kappa shape index (κ2) is 6.40. The van der Waals surface area contributed by atoms with E-state index in [9.17, 15) is 9.59 Å². The highest BCUT2D eigenvalue weighted by atomic mass is 16.5. The first kappa shape index (κ1) is 18.1. The van der Waals surface area contributed by atoms with E-state index in [0.29, 0.717) is 41.2 Å². The van der Waals surface area contributed by atoms with Crippen LogP contribution in [0.3, 0.4) is 0 Å². The van der Waals surface area contributed by atoms with Crippen LogP contribution < -0.4 is 11.1 Å². The summed E-state index contributed by atoms with van der Waals surface area (Å²) in [6.07, 6.45) is 10.3. The predicted octanol–water partition coefficient (Wildman–Crippen LogP) is 3.17. The number of hydrogen-bond donors (Lipinski definition) is 2. The standard InChI is InChI=1S/C23H31N3O3/c24-16-5-3-13(4-6-16)21(27)23-10-14-7-17(8-15(11-23)20(14)23)25-22(28)18-9-19(29-26-18)12-1-2-12/h9,12-17,20H,1-8,10-11,24H2,(H,25,28)/t13?,14-,15+,16?,17?,20?,23?. The number of hydrogen-bond acceptors (Lipinski definition) is 5. The van der Waals surface area contributed by atoms with Gasteiger partial charge in [-0.15, -0.1) is 0 Å². The van der Waals surface area contributed by atoms with Crippen molar-refractivity contribution in [1.82, 2.24) is 10.5 Å². The summed E-state index contributed by atoms with van der Waals surface area (Å²) in [6, 6.07) is 2.31. The zero-order chi connectivity index (χ0) is 19.8. The van der Waals surface area contributed by atoms with Crippen molar-refractivity contribution in [3.63, 3.8) is 0 Å². The molecule has 5 aliphatic carbocycles. The van der Waals surface area contributed by atoms with Crippen molar-refractivity contribution in [1.29, 1.82) is 0 Å². The highest BCUT2D eigenvalue weighted by molar-refractivity contribution is 5.92. The quantitative estimate of drug-likeness (QED) is 0.795. The van der Waals surface area contributed by atoms with Crippen LogP contribution in [0.5, 0.6) is 0 Å². The lowest BCUT2D eigenvalue weighted by molar-refractivity contribution is -0.215. The highest BCUT2D eigenvalue weighted by Gasteiger charge is 2.70. The van der Waals surface area contributed by atoms with Crippen molar-refractivity contribution in [3.8, 4) is 0 Å². The Hall–Kier alpha value is -1.69. The lowest BCUT2D eigenvalue weighted by Crippen LogP contribution is -2.69. The van der Waals surface area contributed by atoms with Gasteiger partial charge >= 0.3 is 0 Å². The fourth-order valence-electron chi connectivity index (χ4n) is 7.29. The lowest BCUT2D eigenvalue weighted by atomic mass is 9.33. The Bertz CT molecular complexity index is 820. The van der Waals surface area contributed by atoms with Crippen LogP contribution in [0.4, 0.5) is 0 Å². The van der Waals surface area contributed by atoms with Crippen LogP contribution in [-0.2, 0) is 4.79 Å². The molecule has 0 aliphatic heterocycles. The summed E-state index contributed by atoms with van der Waals surface area (Å²) in [4.78, 5) is 25.9. The molecule has 1 aromatic rings. The zero-order valence-electron chi connectivity index (χ0n) is 16.9. The molecule has 6 heteroatoms. The Morgan fingerprint density at radius 1 is 1.07 bits per heavy atom. The molecule has 0 bridgehead atoms. The third kappa shape index (κ3) is 2.82. The van der Waals surface area contributed by atoms with Gasteiger partial charge in [0.2, 0.25) is 0 Å². The van der Waals surface area contributed by atoms with Crippen LogP contribution >= 0.6 is 0 Å². The number of aromatic nitrogens is 1. The van der Waals surface area contributed by atoms with E-state index in [1.54, 1.807) is 0 Å². The molecule has 5 saturated carbocycles. The zero-order valence-corrected chi connectivity index (χ0v) is 16.9. The predicted molar refractivity (Wildman–Crippen MR) is 106 cm³/mol. The van der Waals surface area contributed by atoms with Gasteiger partial charge < -0.3 is 15.6 Å². The molecule has 1 heterocycles. The minimum absolute atomic E-state index is 0.0122. The van der Waals surface area contributed by atoms with Gasteiger partial charge in [0.15, 0.2) is 5.69 Å². The molecular formula is C23H31N3O3. The topological polar surface area (TPSA) is 98.2 Å². The number of rotatable bonds is 5. The molecule has 156 valence electrons. The van der Waals surface area contributed by atoms with Gasteiger partial charge in [-0.3, -0.25) is 9.59 Å². The summed E-state index contributed by atoms with van der Waals surface area (Å²) in [6.45, 7) is 0. The average Bonchev–Trinajstić information content (AvgIpc) is 3.40. The van der Waals surface area contributed by atoms with Crippen molar-refractivity contribution in [2.45, 2.75) is 82.2 Å². The number of nitrogens with two attached hydrogens (primary N) is 1. The van der Waals surface area contributed by atoms with Gasteiger partial charge in [-0.1, -0.05) is 5.16 Å². The maximum Gasteiger partial charge on any atom is 0.273 e. The molecule has 6 nitrogen and oxygen atoms in total. The summed E-state index contributed by atoms with van der Waals surface area (Å²) in [5, 5.41) is 7.17. The SMILES string of the molecule is NC1CCC(C(=O)C23C[C@H]4CC(NC(=O)c5cc(C6CC6)on5)C[C@@H](C2)C43)CC1. The summed E-state index contributed by atoms with van der Waals surface area (Å²) >= 11 is 0. The van der Waals surface area contributed by atoms with Crippen molar-refractivity contribution >= 4 is 11.7 Å². The van der Waals surface area contributed by atoms with Gasteiger partial charge in [0, 0.05) is 35.4 Å². The number of ketones is 1. The minimum Gasteiger partial charge on any atom is -0.360 e. The number of nitrogens with one attached hydrogen (secondary N) is 1. The molecular weight excluding hydrogens is 366 g/mol. The van der Waals surface area contributed by atoms with Crippen molar-refractivity contribution < 1.29 is 14.1 Å². The van der Waals surface area contributed by atoms with E-state index in [0.717, 1.165) is 70.0 Å². The summed E-state index contributed by atoms with van der Waals surface area (Å²) in [5.41, 5.74) is 6.43. The van der Waals surface area contributed by atoms with E-state index >= 15 is 0 Å². The number of carbonyl (C=O) groups excluding carboxylic acids is 2.